The Balaban J connectivity index is 1.68. The molecule has 1 aliphatic heterocycles. The lowest BCUT2D eigenvalue weighted by Gasteiger charge is -2.19. The Morgan fingerprint density at radius 1 is 1.23 bits per heavy atom. The molecule has 3 aromatic rings. The Hall–Kier alpha value is -2.79. The number of hydrogen-bond donors (Lipinski definition) is 1. The first-order valence-electron chi connectivity index (χ1n) is 8.84. The fraction of sp³-hybridized carbons (Fsp3) is 0.286. The van der Waals surface area contributed by atoms with Gasteiger partial charge in [0.05, 0.1) is 12.0 Å². The molecule has 0 aliphatic carbocycles. The topological polar surface area (TPSA) is 50.5 Å². The summed E-state index contributed by atoms with van der Waals surface area (Å²) in [6.45, 7) is 4.98. The number of hydrogen-bond acceptors (Lipinski definition) is 4. The summed E-state index contributed by atoms with van der Waals surface area (Å²) in [6.07, 6.45) is 3.72. The monoisotopic (exact) mass is 349 g/mol. The van der Waals surface area contributed by atoms with Crippen LogP contribution in [0.4, 0.5) is 0 Å². The molecule has 0 amide bonds. The van der Waals surface area contributed by atoms with Crippen molar-refractivity contribution in [2.24, 2.45) is 7.05 Å². The van der Waals surface area contributed by atoms with E-state index in [9.17, 15) is 5.11 Å². The normalized spacial score (nSPS) is 14.5. The van der Waals surface area contributed by atoms with E-state index in [1.54, 1.807) is 6.07 Å². The van der Waals surface area contributed by atoms with E-state index in [-0.39, 0.29) is 5.75 Å². The smallest absolute Gasteiger partial charge is 0.165 e. The van der Waals surface area contributed by atoms with E-state index in [4.69, 9.17) is 4.74 Å². The highest BCUT2D eigenvalue weighted by molar-refractivity contribution is 5.71. The number of aromatic hydroxyl groups is 1. The molecule has 0 unspecified atom stereocenters. The van der Waals surface area contributed by atoms with Crippen molar-refractivity contribution in [2.75, 3.05) is 13.2 Å². The van der Waals surface area contributed by atoms with Gasteiger partial charge in [-0.2, -0.15) is 0 Å². The van der Waals surface area contributed by atoms with Crippen LogP contribution in [0.15, 0.2) is 48.9 Å². The molecule has 1 aromatic heterocycles. The lowest BCUT2D eigenvalue weighted by Crippen LogP contribution is -2.26. The second-order valence-electron chi connectivity index (χ2n) is 6.85. The minimum atomic E-state index is 0.211. The quantitative estimate of drug-likeness (QED) is 0.786. The molecule has 0 fully saturated rings. The highest BCUT2D eigenvalue weighted by atomic mass is 16.5. The van der Waals surface area contributed by atoms with Crippen LogP contribution in [-0.4, -0.2) is 32.7 Å². The van der Waals surface area contributed by atoms with Crippen molar-refractivity contribution >= 4 is 0 Å². The molecule has 0 atom stereocenters. The molecule has 134 valence electrons. The fourth-order valence-electron chi connectivity index (χ4n) is 3.51. The highest BCUT2D eigenvalue weighted by Crippen LogP contribution is 2.38. The van der Waals surface area contributed by atoms with Crippen LogP contribution in [0.2, 0.25) is 0 Å². The average molecular weight is 349 g/mol. The van der Waals surface area contributed by atoms with Crippen LogP contribution in [0.1, 0.15) is 16.8 Å². The van der Waals surface area contributed by atoms with Crippen LogP contribution >= 0.6 is 0 Å². The number of aromatic nitrogens is 2. The number of rotatable bonds is 3. The molecule has 0 saturated carbocycles. The predicted octanol–water partition coefficient (Wildman–Crippen LogP) is 3.50. The van der Waals surface area contributed by atoms with Crippen molar-refractivity contribution in [3.05, 3.63) is 65.7 Å². The number of nitrogens with zero attached hydrogens (tertiary/aromatic N) is 3. The lowest BCUT2D eigenvalue weighted by atomic mass is 9.98. The molecule has 4 rings (SSSR count). The van der Waals surface area contributed by atoms with Crippen LogP contribution < -0.4 is 4.74 Å². The van der Waals surface area contributed by atoms with Gasteiger partial charge in [-0.05, 0) is 35.7 Å². The van der Waals surface area contributed by atoms with Gasteiger partial charge in [-0.25, -0.2) is 4.98 Å². The van der Waals surface area contributed by atoms with E-state index in [0.29, 0.717) is 12.4 Å². The van der Waals surface area contributed by atoms with Crippen molar-refractivity contribution in [3.63, 3.8) is 0 Å². The molecule has 26 heavy (non-hydrogen) atoms. The Labute approximate surface area is 153 Å². The van der Waals surface area contributed by atoms with Gasteiger partial charge in [-0.1, -0.05) is 24.3 Å². The van der Waals surface area contributed by atoms with Crippen LogP contribution in [0.25, 0.3) is 11.1 Å². The van der Waals surface area contributed by atoms with E-state index in [1.807, 2.05) is 36.3 Å². The second kappa shape index (κ2) is 6.84. The number of phenolic OH excluding ortho intramolecular Hbond substituents is 1. The zero-order chi connectivity index (χ0) is 18.1. The Kier molecular flexibility index (Phi) is 4.39. The number of imidazole rings is 1. The minimum absolute atomic E-state index is 0.211. The van der Waals surface area contributed by atoms with E-state index in [0.717, 1.165) is 42.0 Å². The van der Waals surface area contributed by atoms with Gasteiger partial charge in [-0.3, -0.25) is 4.90 Å². The van der Waals surface area contributed by atoms with E-state index in [1.165, 1.54) is 5.56 Å². The molecule has 2 heterocycles. The van der Waals surface area contributed by atoms with Crippen molar-refractivity contribution in [1.82, 2.24) is 14.5 Å². The van der Waals surface area contributed by atoms with Crippen molar-refractivity contribution in [2.45, 2.75) is 20.0 Å². The Bertz CT molecular complexity index is 933. The first kappa shape index (κ1) is 16.7. The van der Waals surface area contributed by atoms with Gasteiger partial charge in [0.1, 0.15) is 6.61 Å². The number of fused-ring (bicyclic) bond motifs is 1. The molecule has 5 heteroatoms. The van der Waals surface area contributed by atoms with Crippen molar-refractivity contribution in [3.8, 4) is 22.6 Å². The first-order valence-corrected chi connectivity index (χ1v) is 8.84. The Morgan fingerprint density at radius 2 is 2.08 bits per heavy atom. The third kappa shape index (κ3) is 3.18. The molecule has 2 aromatic carbocycles. The molecular formula is C21H23N3O2. The van der Waals surface area contributed by atoms with Gasteiger partial charge in [0.25, 0.3) is 0 Å². The van der Waals surface area contributed by atoms with E-state index < -0.39 is 0 Å². The third-order valence-electron chi connectivity index (χ3n) is 4.95. The summed E-state index contributed by atoms with van der Waals surface area (Å²) in [6, 6.07) is 12.2. The number of aryl methyl sites for hydroxylation is 2. The summed E-state index contributed by atoms with van der Waals surface area (Å²) in [7, 11) is 2.01. The van der Waals surface area contributed by atoms with E-state index >= 15 is 0 Å². The molecule has 0 saturated heterocycles. The van der Waals surface area contributed by atoms with Crippen LogP contribution in [-0.2, 0) is 20.1 Å². The maximum absolute atomic E-state index is 10.5. The zero-order valence-corrected chi connectivity index (χ0v) is 15.1. The maximum Gasteiger partial charge on any atom is 0.165 e. The van der Waals surface area contributed by atoms with Crippen molar-refractivity contribution in [1.29, 1.82) is 0 Å². The fourth-order valence-corrected chi connectivity index (χ4v) is 3.51. The van der Waals surface area contributed by atoms with Gasteiger partial charge in [-0.15, -0.1) is 0 Å². The predicted molar refractivity (Wildman–Crippen MR) is 101 cm³/mol. The maximum atomic E-state index is 10.5. The van der Waals surface area contributed by atoms with E-state index in [2.05, 4.69) is 35.0 Å². The zero-order valence-electron chi connectivity index (χ0n) is 15.1. The summed E-state index contributed by atoms with van der Waals surface area (Å²) in [5, 5.41) is 10.5. The molecular weight excluding hydrogens is 326 g/mol. The van der Waals surface area contributed by atoms with Gasteiger partial charge in [0.15, 0.2) is 11.5 Å². The molecule has 0 radical (unpaired) electrons. The summed E-state index contributed by atoms with van der Waals surface area (Å²) in [5.41, 5.74) is 5.52. The third-order valence-corrected chi connectivity index (χ3v) is 4.95. The summed E-state index contributed by atoms with van der Waals surface area (Å²) in [4.78, 5) is 6.52. The largest absolute Gasteiger partial charge is 0.504 e. The summed E-state index contributed by atoms with van der Waals surface area (Å²) < 4.78 is 7.90. The number of benzene rings is 2. The number of phenols is 1. The summed E-state index contributed by atoms with van der Waals surface area (Å²) >= 11 is 0. The second-order valence-corrected chi connectivity index (χ2v) is 6.85. The number of ether oxygens (including phenoxy) is 1. The van der Waals surface area contributed by atoms with Crippen molar-refractivity contribution < 1.29 is 9.84 Å². The van der Waals surface area contributed by atoms with Gasteiger partial charge in [0.2, 0.25) is 0 Å². The van der Waals surface area contributed by atoms with Gasteiger partial charge in [0, 0.05) is 38.4 Å². The standard InChI is InChI=1S/C21H23N3O2/c1-15-5-3-4-6-19(15)16-9-17-12-24(13-18-11-22-14-23(18)2)7-8-26-21(17)20(25)10-16/h3-6,9-11,14,25H,7-8,12-13H2,1-2H3. The molecule has 0 spiro atoms. The first-order chi connectivity index (χ1) is 12.6. The van der Waals surface area contributed by atoms with Crippen LogP contribution in [0, 0.1) is 6.92 Å². The minimum Gasteiger partial charge on any atom is -0.504 e. The van der Waals surface area contributed by atoms with Crippen LogP contribution in [0.3, 0.4) is 0 Å². The lowest BCUT2D eigenvalue weighted by molar-refractivity contribution is 0.214. The average Bonchev–Trinajstić information content (AvgIpc) is 2.90. The highest BCUT2D eigenvalue weighted by Gasteiger charge is 2.20. The molecule has 5 nitrogen and oxygen atoms in total. The SMILES string of the molecule is Cc1ccccc1-c1cc(O)c2c(c1)CN(Cc1cncn1C)CCO2. The van der Waals surface area contributed by atoms with Gasteiger partial charge >= 0.3 is 0 Å². The molecule has 1 N–H and O–H groups in total. The van der Waals surface area contributed by atoms with Crippen LogP contribution in [0.5, 0.6) is 11.5 Å². The van der Waals surface area contributed by atoms with Gasteiger partial charge < -0.3 is 14.4 Å². The molecule has 1 aliphatic rings. The Morgan fingerprint density at radius 3 is 2.85 bits per heavy atom. The summed E-state index contributed by atoms with van der Waals surface area (Å²) in [5.74, 6) is 0.818. The molecule has 0 bridgehead atoms.